The van der Waals surface area contributed by atoms with Crippen LogP contribution >= 0.6 is 0 Å². The fourth-order valence-corrected chi connectivity index (χ4v) is 10.2. The number of sulfonamides is 1. The number of nitrogens with one attached hydrogen (secondary N) is 3. The highest BCUT2D eigenvalue weighted by Gasteiger charge is 2.62. The molecule has 0 spiro atoms. The van der Waals surface area contributed by atoms with Gasteiger partial charge in [0, 0.05) is 23.1 Å². The Morgan fingerprint density at radius 2 is 1.76 bits per heavy atom. The van der Waals surface area contributed by atoms with E-state index in [1.165, 1.54) is 17.0 Å². The normalized spacial score (nSPS) is 27.6. The summed E-state index contributed by atoms with van der Waals surface area (Å²) in [6.07, 6.45) is 9.54. The maximum absolute atomic E-state index is 14.8. The Bertz CT molecular complexity index is 2440. The summed E-state index contributed by atoms with van der Waals surface area (Å²) in [7, 11) is -3.93. The lowest BCUT2D eigenvalue weighted by Gasteiger charge is -2.30. The van der Waals surface area contributed by atoms with Gasteiger partial charge in [-0.25, -0.2) is 22.6 Å². The van der Waals surface area contributed by atoms with Gasteiger partial charge in [0.2, 0.25) is 21.8 Å². The highest BCUT2D eigenvalue weighted by atomic mass is 32.2. The number of rotatable bonds is 7. The van der Waals surface area contributed by atoms with Crippen LogP contribution in [0.2, 0.25) is 0 Å². The summed E-state index contributed by atoms with van der Waals surface area (Å²) in [4.78, 5) is 62.5. The van der Waals surface area contributed by atoms with Crippen LogP contribution < -0.4 is 20.1 Å². The third-order valence-corrected chi connectivity index (χ3v) is 14.0. The second kappa shape index (κ2) is 15.2. The number of furan rings is 1. The number of ether oxygens (including phenoxy) is 2. The Morgan fingerprint density at radius 1 is 0.966 bits per heavy atom. The molecule has 2 aromatic heterocycles. The molecule has 4 aromatic rings. The predicted molar refractivity (Wildman–Crippen MR) is 210 cm³/mol. The van der Waals surface area contributed by atoms with E-state index in [4.69, 9.17) is 18.9 Å². The van der Waals surface area contributed by atoms with Gasteiger partial charge in [0.15, 0.2) is 11.3 Å². The number of pyridine rings is 1. The minimum absolute atomic E-state index is 0.0454. The van der Waals surface area contributed by atoms with Crippen molar-refractivity contribution in [3.63, 3.8) is 0 Å². The summed E-state index contributed by atoms with van der Waals surface area (Å²) in [5.41, 5.74) is 0.208. The first-order chi connectivity index (χ1) is 28.0. The molecule has 58 heavy (non-hydrogen) atoms. The number of hydrogen-bond acceptors (Lipinski definition) is 10. The summed E-state index contributed by atoms with van der Waals surface area (Å²) in [6.45, 7) is -0.105. The van der Waals surface area contributed by atoms with E-state index in [1.54, 1.807) is 12.1 Å². The number of allylic oxidation sites excluding steroid dienone is 1. The lowest BCUT2D eigenvalue weighted by Crippen LogP contribution is -2.58. The standard InChI is InChI=1S/C42H46FN5O9S/c43-25-16-19-31-30(20-25)36(37-35(44-31)29-13-8-9-15-34(29)57-37)55-27-21-33-38(49)46-42(40(51)47-58(53,54)28-17-18-28)22-24(42)10-4-2-1-3-5-14-32(39(50)48(33)23-27)45-41(52)56-26-11-6-7-12-26/h4,8-10,13,15-16,19-20,24,26-28,32-33H,1-3,5-7,11-12,14,17-18,21-23H2,(H,45,52)(H,46,49)(H,47,51)/b10-4-/t24-,27+,32-,33-,42+/m0/s1. The van der Waals surface area contributed by atoms with Gasteiger partial charge in [-0.2, -0.15) is 0 Å². The van der Waals surface area contributed by atoms with Crippen LogP contribution in [0.5, 0.6) is 5.75 Å². The van der Waals surface area contributed by atoms with Crippen LogP contribution in [0.1, 0.15) is 83.5 Å². The number of carbonyl (C=O) groups is 4. The molecule has 4 fully saturated rings. The van der Waals surface area contributed by atoms with Crippen molar-refractivity contribution in [1.29, 1.82) is 0 Å². The number of alkyl carbamates (subject to hydrolysis) is 1. The first-order valence-electron chi connectivity index (χ1n) is 20.4. The van der Waals surface area contributed by atoms with Crippen molar-refractivity contribution in [3.05, 3.63) is 60.4 Å². The largest absolute Gasteiger partial charge is 0.484 e. The minimum atomic E-state index is -3.93. The number of fused-ring (bicyclic) bond motifs is 6. The van der Waals surface area contributed by atoms with Crippen LogP contribution in [-0.4, -0.2) is 83.7 Å². The molecule has 1 saturated heterocycles. The molecular formula is C42H46FN5O9S. The monoisotopic (exact) mass is 815 g/mol. The fourth-order valence-electron chi connectivity index (χ4n) is 8.79. The molecule has 4 amide bonds. The van der Waals surface area contributed by atoms with Gasteiger partial charge in [0.25, 0.3) is 5.91 Å². The van der Waals surface area contributed by atoms with E-state index in [0.29, 0.717) is 54.1 Å². The number of amides is 4. The fraction of sp³-hybridized carbons (Fsp3) is 0.500. The number of nitrogens with zero attached hydrogens (tertiary/aromatic N) is 2. The van der Waals surface area contributed by atoms with Crippen molar-refractivity contribution in [1.82, 2.24) is 25.2 Å². The van der Waals surface area contributed by atoms with Gasteiger partial charge in [0.1, 0.15) is 46.7 Å². The first kappa shape index (κ1) is 38.3. The number of aromatic nitrogens is 1. The SMILES string of the molecule is O=C(N[C@H]1CCCCC/C=C\[C@H]2C[C@@]2(C(=O)NS(=O)(=O)C2CC2)NC(=O)[C@@H]2C[C@@H](Oc3c4cc(F)ccc4nc4c3oc3ccccc34)CN2C1=O)OC1CCCC1. The molecule has 5 atom stereocenters. The molecule has 0 radical (unpaired) electrons. The van der Waals surface area contributed by atoms with Gasteiger partial charge in [-0.15, -0.1) is 0 Å². The van der Waals surface area contributed by atoms with Gasteiger partial charge in [-0.3, -0.25) is 19.1 Å². The van der Waals surface area contributed by atoms with Crippen LogP contribution in [0, 0.1) is 11.7 Å². The third kappa shape index (κ3) is 7.46. The quantitative estimate of drug-likeness (QED) is 0.197. The molecule has 14 nitrogen and oxygen atoms in total. The molecule has 5 aliphatic rings. The summed E-state index contributed by atoms with van der Waals surface area (Å²) < 4.78 is 61.5. The number of hydrogen-bond donors (Lipinski definition) is 3. The van der Waals surface area contributed by atoms with Crippen LogP contribution in [0.15, 0.2) is 59.0 Å². The summed E-state index contributed by atoms with van der Waals surface area (Å²) in [5, 5.41) is 6.08. The molecule has 0 unspecified atom stereocenters. The average Bonchev–Trinajstić information content (AvgIpc) is 4.01. The maximum atomic E-state index is 14.8. The van der Waals surface area contributed by atoms with Gasteiger partial charge >= 0.3 is 6.09 Å². The lowest BCUT2D eigenvalue weighted by atomic mass is 10.0. The van der Waals surface area contributed by atoms with Crippen LogP contribution in [0.25, 0.3) is 33.0 Å². The number of benzene rings is 2. The molecule has 2 aromatic carbocycles. The summed E-state index contributed by atoms with van der Waals surface area (Å²) in [6, 6.07) is 9.23. The lowest BCUT2D eigenvalue weighted by molar-refractivity contribution is -0.141. The van der Waals surface area contributed by atoms with Crippen molar-refractivity contribution in [2.24, 2.45) is 5.92 Å². The van der Waals surface area contributed by atoms with Gasteiger partial charge in [-0.1, -0.05) is 37.1 Å². The molecule has 3 N–H and O–H groups in total. The summed E-state index contributed by atoms with van der Waals surface area (Å²) >= 11 is 0. The Balaban J connectivity index is 1.06. The molecule has 2 aliphatic heterocycles. The number of halogens is 1. The Kier molecular flexibility index (Phi) is 10.0. The van der Waals surface area contributed by atoms with E-state index in [2.05, 4.69) is 15.4 Å². The van der Waals surface area contributed by atoms with Crippen LogP contribution in [-0.2, 0) is 29.1 Å². The van der Waals surface area contributed by atoms with Gasteiger partial charge in [-0.05, 0) is 94.5 Å². The average molecular weight is 816 g/mol. The molecule has 3 aliphatic carbocycles. The van der Waals surface area contributed by atoms with E-state index in [0.717, 1.165) is 43.9 Å². The predicted octanol–water partition coefficient (Wildman–Crippen LogP) is 5.66. The second-order valence-corrected chi connectivity index (χ2v) is 18.3. The Hall–Kier alpha value is -5.25. The van der Waals surface area contributed by atoms with E-state index in [9.17, 15) is 32.0 Å². The molecule has 4 heterocycles. The van der Waals surface area contributed by atoms with Crippen molar-refractivity contribution < 1.29 is 45.9 Å². The maximum Gasteiger partial charge on any atom is 0.408 e. The van der Waals surface area contributed by atoms with Crippen LogP contribution in [0.4, 0.5) is 9.18 Å². The zero-order valence-electron chi connectivity index (χ0n) is 31.9. The second-order valence-electron chi connectivity index (χ2n) is 16.4. The number of carbonyl (C=O) groups excluding carboxylic acids is 4. The topological polar surface area (TPSA) is 186 Å². The summed E-state index contributed by atoms with van der Waals surface area (Å²) in [5.74, 6) is -2.81. The molecule has 306 valence electrons. The van der Waals surface area contributed by atoms with Crippen molar-refractivity contribution in [3.8, 4) is 5.75 Å². The third-order valence-electron chi connectivity index (χ3n) is 12.2. The molecule has 3 saturated carbocycles. The van der Waals surface area contributed by atoms with Gasteiger partial charge < -0.3 is 29.4 Å². The van der Waals surface area contributed by atoms with Crippen molar-refractivity contribution >= 4 is 66.8 Å². The first-order valence-corrected chi connectivity index (χ1v) is 21.9. The Labute approximate surface area is 334 Å². The van der Waals surface area contributed by atoms with Crippen LogP contribution in [0.3, 0.4) is 0 Å². The molecule has 0 bridgehead atoms. The van der Waals surface area contributed by atoms with E-state index in [-0.39, 0.29) is 36.8 Å². The van der Waals surface area contributed by atoms with Gasteiger partial charge in [0.05, 0.1) is 17.3 Å². The van der Waals surface area contributed by atoms with E-state index < -0.39 is 74.5 Å². The van der Waals surface area contributed by atoms with E-state index in [1.807, 2.05) is 30.4 Å². The van der Waals surface area contributed by atoms with E-state index >= 15 is 0 Å². The molecular weight excluding hydrogens is 770 g/mol. The van der Waals surface area contributed by atoms with Crippen molar-refractivity contribution in [2.45, 2.75) is 119 Å². The zero-order valence-corrected chi connectivity index (χ0v) is 32.7. The Morgan fingerprint density at radius 3 is 2.57 bits per heavy atom. The van der Waals surface area contributed by atoms with Crippen molar-refractivity contribution in [2.75, 3.05) is 6.54 Å². The number of para-hydroxylation sites is 1. The molecule has 9 rings (SSSR count). The highest BCUT2D eigenvalue weighted by Crippen LogP contribution is 2.46. The minimum Gasteiger partial charge on any atom is -0.484 e. The zero-order chi connectivity index (χ0) is 40.2. The smallest absolute Gasteiger partial charge is 0.408 e. The molecule has 16 heteroatoms. The highest BCUT2D eigenvalue weighted by molar-refractivity contribution is 7.91.